The largest absolute Gasteiger partial charge is 0.550 e. The van der Waals surface area contributed by atoms with Crippen molar-refractivity contribution in [2.24, 2.45) is 0 Å². The Kier molecular flexibility index (Phi) is 6.77. The third-order valence-electron chi connectivity index (χ3n) is 2.63. The molecule has 106 valence electrons. The Balaban J connectivity index is 0.000000204. The van der Waals surface area contributed by atoms with Gasteiger partial charge in [0, 0.05) is 23.0 Å². The van der Waals surface area contributed by atoms with Crippen LogP contribution in [-0.4, -0.2) is 5.97 Å². The maximum Gasteiger partial charge on any atom is 0.107 e. The van der Waals surface area contributed by atoms with Crippen molar-refractivity contribution in [3.05, 3.63) is 70.7 Å². The molecule has 0 saturated heterocycles. The molecule has 0 heterocycles. The van der Waals surface area contributed by atoms with E-state index >= 15 is 0 Å². The number of carboxylic acids is 1. The molecule has 0 aromatic heterocycles. The molecule has 2 aromatic rings. The second kappa shape index (κ2) is 8.35. The van der Waals surface area contributed by atoms with Crippen molar-refractivity contribution in [1.29, 1.82) is 0 Å². The van der Waals surface area contributed by atoms with E-state index in [1.54, 1.807) is 24.3 Å². The second-order valence-corrected chi connectivity index (χ2v) is 4.92. The van der Waals surface area contributed by atoms with Gasteiger partial charge < -0.3 is 15.6 Å². The van der Waals surface area contributed by atoms with E-state index in [9.17, 15) is 9.90 Å². The zero-order valence-corrected chi connectivity index (χ0v) is 12.1. The van der Waals surface area contributed by atoms with E-state index in [0.717, 1.165) is 0 Å². The SMILES string of the molecule is C[C@H]([NH3+])c1ccccc1.O=C([O-])Cc1ccc(Cl)cc1. The fourth-order valence-corrected chi connectivity index (χ4v) is 1.68. The fraction of sp³-hybridized carbons (Fsp3) is 0.188. The van der Waals surface area contributed by atoms with Crippen molar-refractivity contribution < 1.29 is 15.6 Å². The van der Waals surface area contributed by atoms with Gasteiger partial charge in [0.25, 0.3) is 0 Å². The Morgan fingerprint density at radius 1 is 1.15 bits per heavy atom. The number of carbonyl (C=O) groups is 1. The number of hydrogen-bond acceptors (Lipinski definition) is 2. The number of rotatable bonds is 3. The van der Waals surface area contributed by atoms with E-state index in [1.165, 1.54) is 5.56 Å². The van der Waals surface area contributed by atoms with Gasteiger partial charge in [-0.1, -0.05) is 54.1 Å². The molecule has 0 aliphatic rings. The van der Waals surface area contributed by atoms with Crippen LogP contribution < -0.4 is 10.8 Å². The van der Waals surface area contributed by atoms with Gasteiger partial charge >= 0.3 is 0 Å². The monoisotopic (exact) mass is 291 g/mol. The normalized spacial score (nSPS) is 11.2. The predicted octanol–water partition coefficient (Wildman–Crippen LogP) is 1.62. The Morgan fingerprint density at radius 2 is 1.70 bits per heavy atom. The van der Waals surface area contributed by atoms with E-state index in [2.05, 4.69) is 24.8 Å². The van der Waals surface area contributed by atoms with Crippen LogP contribution in [0.3, 0.4) is 0 Å². The maximum absolute atomic E-state index is 10.1. The zero-order chi connectivity index (χ0) is 15.0. The minimum Gasteiger partial charge on any atom is -0.550 e. The van der Waals surface area contributed by atoms with Crippen LogP contribution in [0.2, 0.25) is 5.02 Å². The first-order valence-electron chi connectivity index (χ1n) is 6.31. The van der Waals surface area contributed by atoms with E-state index < -0.39 is 5.97 Å². The number of halogens is 1. The van der Waals surface area contributed by atoms with Crippen molar-refractivity contribution in [3.8, 4) is 0 Å². The number of hydrogen-bond donors (Lipinski definition) is 1. The average molecular weight is 292 g/mol. The van der Waals surface area contributed by atoms with Crippen molar-refractivity contribution in [1.82, 2.24) is 0 Å². The van der Waals surface area contributed by atoms with Crippen molar-refractivity contribution >= 4 is 17.6 Å². The topological polar surface area (TPSA) is 67.8 Å². The fourth-order valence-electron chi connectivity index (χ4n) is 1.55. The summed E-state index contributed by atoms with van der Waals surface area (Å²) in [6.07, 6.45) is -0.0584. The van der Waals surface area contributed by atoms with E-state index in [1.807, 2.05) is 18.2 Å². The van der Waals surface area contributed by atoms with Gasteiger partial charge in [0.05, 0.1) is 0 Å². The lowest BCUT2D eigenvalue weighted by molar-refractivity contribution is -0.420. The Bertz CT molecular complexity index is 524. The number of aliphatic carboxylic acids is 1. The molecule has 1 atom stereocenters. The summed E-state index contributed by atoms with van der Waals surface area (Å²) < 4.78 is 0. The highest BCUT2D eigenvalue weighted by Crippen LogP contribution is 2.09. The molecule has 0 spiro atoms. The van der Waals surface area contributed by atoms with Gasteiger partial charge in [-0.05, 0) is 24.6 Å². The lowest BCUT2D eigenvalue weighted by atomic mass is 10.1. The molecule has 0 amide bonds. The Labute approximate surface area is 124 Å². The summed E-state index contributed by atoms with van der Waals surface area (Å²) in [5.41, 5.74) is 5.92. The van der Waals surface area contributed by atoms with E-state index in [-0.39, 0.29) is 6.42 Å². The molecule has 0 fully saturated rings. The molecule has 0 aliphatic heterocycles. The first-order valence-corrected chi connectivity index (χ1v) is 6.69. The van der Waals surface area contributed by atoms with Crippen LogP contribution in [-0.2, 0) is 11.2 Å². The highest BCUT2D eigenvalue weighted by molar-refractivity contribution is 6.30. The third kappa shape index (κ3) is 6.36. The highest BCUT2D eigenvalue weighted by Gasteiger charge is 1.97. The molecule has 0 saturated carbocycles. The summed E-state index contributed by atoms with van der Waals surface area (Å²) >= 11 is 5.59. The first kappa shape index (κ1) is 16.2. The van der Waals surface area contributed by atoms with Crippen LogP contribution in [0.4, 0.5) is 0 Å². The molecule has 3 N–H and O–H groups in total. The Hall–Kier alpha value is -1.84. The van der Waals surface area contributed by atoms with Crippen molar-refractivity contribution in [2.75, 3.05) is 0 Å². The number of quaternary nitrogens is 1. The van der Waals surface area contributed by atoms with Gasteiger partial charge in [-0.15, -0.1) is 0 Å². The van der Waals surface area contributed by atoms with Crippen LogP contribution in [0.5, 0.6) is 0 Å². The summed E-state index contributed by atoms with van der Waals surface area (Å²) in [4.78, 5) is 10.1. The molecule has 4 heteroatoms. The van der Waals surface area contributed by atoms with E-state index in [0.29, 0.717) is 16.6 Å². The molecule has 0 radical (unpaired) electrons. The summed E-state index contributed by atoms with van der Waals surface area (Å²) in [7, 11) is 0. The quantitative estimate of drug-likeness (QED) is 0.934. The Morgan fingerprint density at radius 3 is 2.10 bits per heavy atom. The summed E-state index contributed by atoms with van der Waals surface area (Å²) in [6.45, 7) is 2.09. The molecular weight excluding hydrogens is 274 g/mol. The molecule has 3 nitrogen and oxygen atoms in total. The van der Waals surface area contributed by atoms with Gasteiger partial charge in [-0.25, -0.2) is 0 Å². The molecular formula is C16H18ClNO2. The first-order chi connectivity index (χ1) is 9.49. The molecule has 0 unspecified atom stereocenters. The van der Waals surface area contributed by atoms with Crippen molar-refractivity contribution in [2.45, 2.75) is 19.4 Å². The van der Waals surface area contributed by atoms with E-state index in [4.69, 9.17) is 11.6 Å². The molecule has 20 heavy (non-hydrogen) atoms. The number of benzene rings is 2. The average Bonchev–Trinajstić information content (AvgIpc) is 2.43. The smallest absolute Gasteiger partial charge is 0.107 e. The molecule has 2 aromatic carbocycles. The third-order valence-corrected chi connectivity index (χ3v) is 2.88. The van der Waals surface area contributed by atoms with Gasteiger partial charge in [-0.2, -0.15) is 0 Å². The molecule has 2 rings (SSSR count). The van der Waals surface area contributed by atoms with Gasteiger partial charge in [-0.3, -0.25) is 0 Å². The van der Waals surface area contributed by atoms with Crippen LogP contribution in [0, 0.1) is 0 Å². The molecule has 0 bridgehead atoms. The predicted molar refractivity (Wildman–Crippen MR) is 77.9 cm³/mol. The minimum atomic E-state index is -1.08. The van der Waals surface area contributed by atoms with Gasteiger partial charge in [0.1, 0.15) is 6.04 Å². The van der Waals surface area contributed by atoms with Gasteiger partial charge in [0.15, 0.2) is 0 Å². The number of carbonyl (C=O) groups excluding carboxylic acids is 1. The minimum absolute atomic E-state index is 0.0584. The lowest BCUT2D eigenvalue weighted by Crippen LogP contribution is -2.51. The van der Waals surface area contributed by atoms with Crippen LogP contribution in [0.15, 0.2) is 54.6 Å². The molecule has 0 aliphatic carbocycles. The van der Waals surface area contributed by atoms with Crippen LogP contribution >= 0.6 is 11.6 Å². The number of carboxylic acid groups (broad SMARTS) is 1. The highest BCUT2D eigenvalue weighted by atomic mass is 35.5. The van der Waals surface area contributed by atoms with Crippen LogP contribution in [0.1, 0.15) is 24.1 Å². The second-order valence-electron chi connectivity index (χ2n) is 4.49. The summed E-state index contributed by atoms with van der Waals surface area (Å²) in [5, 5.41) is 10.7. The van der Waals surface area contributed by atoms with Crippen LogP contribution in [0.25, 0.3) is 0 Å². The summed E-state index contributed by atoms with van der Waals surface area (Å²) in [5.74, 6) is -1.08. The zero-order valence-electron chi connectivity index (χ0n) is 11.4. The summed E-state index contributed by atoms with van der Waals surface area (Å²) in [6, 6.07) is 17.3. The van der Waals surface area contributed by atoms with Gasteiger partial charge in [0.2, 0.25) is 0 Å². The standard InChI is InChI=1S/C8H7ClO2.C8H11N/c9-7-3-1-6(2-4-7)5-8(10)11;1-7(9)8-5-3-2-4-6-8/h1-4H,5H2,(H,10,11);2-7H,9H2,1H3/t;7-/m.0/s1. The van der Waals surface area contributed by atoms with Crippen molar-refractivity contribution in [3.63, 3.8) is 0 Å². The lowest BCUT2D eigenvalue weighted by Gasteiger charge is -2.00. The maximum atomic E-state index is 10.1.